The number of hydrogen-bond acceptors (Lipinski definition) is 2. The van der Waals surface area contributed by atoms with E-state index in [4.69, 9.17) is 4.74 Å². The molecule has 3 nitrogen and oxygen atoms in total. The highest BCUT2D eigenvalue weighted by Crippen LogP contribution is 2.29. The zero-order valence-electron chi connectivity index (χ0n) is 13.8. The maximum atomic E-state index is 11.9. The summed E-state index contributed by atoms with van der Waals surface area (Å²) in [4.78, 5) is 11.9. The summed E-state index contributed by atoms with van der Waals surface area (Å²) < 4.78 is 7.86. The van der Waals surface area contributed by atoms with Gasteiger partial charge in [-0.1, -0.05) is 19.9 Å². The Morgan fingerprint density at radius 1 is 1.21 bits per heavy atom. The fourth-order valence-corrected chi connectivity index (χ4v) is 3.04. The van der Waals surface area contributed by atoms with Gasteiger partial charge in [-0.3, -0.25) is 4.79 Å². The van der Waals surface area contributed by atoms with Gasteiger partial charge in [-0.05, 0) is 92.8 Å². The normalized spacial score (nSPS) is 10.7. The summed E-state index contributed by atoms with van der Waals surface area (Å²) in [6.07, 6.45) is 1.11. The van der Waals surface area contributed by atoms with E-state index in [0.29, 0.717) is 25.4 Å². The van der Waals surface area contributed by atoms with Crippen molar-refractivity contribution in [2.24, 2.45) is 0 Å². The number of halogens is 2. The first-order chi connectivity index (χ1) is 11.5. The van der Waals surface area contributed by atoms with Crippen molar-refractivity contribution in [1.29, 1.82) is 0 Å². The molecule has 0 aliphatic heterocycles. The molecule has 2 aromatic carbocycles. The molecule has 0 atom stereocenters. The minimum Gasteiger partial charge on any atom is -0.492 e. The van der Waals surface area contributed by atoms with Crippen LogP contribution in [0.15, 0.2) is 46.9 Å². The molecule has 0 saturated heterocycles. The number of carbonyl (C=O) groups excluding carboxylic acids is 1. The smallest absolute Gasteiger partial charge is 0.224 e. The Morgan fingerprint density at radius 3 is 2.54 bits per heavy atom. The van der Waals surface area contributed by atoms with Crippen LogP contribution in [0, 0.1) is 3.57 Å². The van der Waals surface area contributed by atoms with Gasteiger partial charge in [-0.15, -0.1) is 0 Å². The highest BCUT2D eigenvalue weighted by atomic mass is 127. The Kier molecular flexibility index (Phi) is 7.55. The molecule has 2 rings (SSSR count). The quantitative estimate of drug-likeness (QED) is 0.374. The van der Waals surface area contributed by atoms with Crippen molar-refractivity contribution in [1.82, 2.24) is 0 Å². The number of hydrogen-bond donors (Lipinski definition) is 1. The van der Waals surface area contributed by atoms with Crippen molar-refractivity contribution in [2.75, 3.05) is 11.9 Å². The third-order valence-electron chi connectivity index (χ3n) is 3.56. The zero-order chi connectivity index (χ0) is 17.5. The van der Waals surface area contributed by atoms with E-state index >= 15 is 0 Å². The second-order valence-electron chi connectivity index (χ2n) is 5.85. The lowest BCUT2D eigenvalue weighted by Crippen LogP contribution is -2.12. The average Bonchev–Trinajstić information content (AvgIpc) is 2.54. The minimum absolute atomic E-state index is 0.00836. The molecule has 0 heterocycles. The summed E-state index contributed by atoms with van der Waals surface area (Å²) in [6, 6.07) is 13.9. The standard InChI is InChI=1S/C19H21BrINO2/c1-13(2)14-5-10-18(17(20)12-14)24-11-3-4-19(23)22-16-8-6-15(21)7-9-16/h5-10,12-13H,3-4,11H2,1-2H3,(H,22,23). The number of amides is 1. The fourth-order valence-electron chi connectivity index (χ4n) is 2.16. The molecule has 1 amide bonds. The van der Waals surface area contributed by atoms with Gasteiger partial charge >= 0.3 is 0 Å². The van der Waals surface area contributed by atoms with Crippen molar-refractivity contribution in [3.05, 3.63) is 56.1 Å². The number of ether oxygens (including phenoxy) is 1. The molecule has 0 radical (unpaired) electrons. The summed E-state index contributed by atoms with van der Waals surface area (Å²) in [6.45, 7) is 4.84. The first kappa shape index (κ1) is 19.2. The SMILES string of the molecule is CC(C)c1ccc(OCCCC(=O)Nc2ccc(I)cc2)c(Br)c1. The van der Waals surface area contributed by atoms with Gasteiger partial charge in [0.1, 0.15) is 5.75 Å². The van der Waals surface area contributed by atoms with E-state index in [1.807, 2.05) is 30.3 Å². The second-order valence-corrected chi connectivity index (χ2v) is 7.95. The van der Waals surface area contributed by atoms with E-state index in [9.17, 15) is 4.79 Å². The molecule has 1 N–H and O–H groups in total. The van der Waals surface area contributed by atoms with Crippen LogP contribution >= 0.6 is 38.5 Å². The lowest BCUT2D eigenvalue weighted by Gasteiger charge is -2.11. The minimum atomic E-state index is 0.00836. The van der Waals surface area contributed by atoms with Crippen LogP contribution in [0.2, 0.25) is 0 Å². The summed E-state index contributed by atoms with van der Waals surface area (Å²) in [5.74, 6) is 1.31. The fraction of sp³-hybridized carbons (Fsp3) is 0.316. The number of carbonyl (C=O) groups is 1. The van der Waals surface area contributed by atoms with Crippen LogP contribution in [0.3, 0.4) is 0 Å². The van der Waals surface area contributed by atoms with Crippen LogP contribution in [0.5, 0.6) is 5.75 Å². The van der Waals surface area contributed by atoms with Gasteiger partial charge in [-0.25, -0.2) is 0 Å². The van der Waals surface area contributed by atoms with E-state index in [1.165, 1.54) is 5.56 Å². The Morgan fingerprint density at radius 2 is 1.92 bits per heavy atom. The third kappa shape index (κ3) is 6.09. The summed E-state index contributed by atoms with van der Waals surface area (Å²) >= 11 is 5.78. The van der Waals surface area contributed by atoms with Gasteiger partial charge in [0, 0.05) is 15.7 Å². The molecule has 0 spiro atoms. The predicted octanol–water partition coefficient (Wildman–Crippen LogP) is 5.97. The maximum Gasteiger partial charge on any atom is 0.224 e. The lowest BCUT2D eigenvalue weighted by atomic mass is 10.0. The Labute approximate surface area is 165 Å². The Hall–Kier alpha value is -1.08. The van der Waals surface area contributed by atoms with Crippen LogP contribution in [0.4, 0.5) is 5.69 Å². The van der Waals surface area contributed by atoms with Crippen molar-refractivity contribution in [2.45, 2.75) is 32.6 Å². The molecular formula is C19H21BrINO2. The van der Waals surface area contributed by atoms with E-state index < -0.39 is 0 Å². The summed E-state index contributed by atoms with van der Waals surface area (Å²) in [5, 5.41) is 2.89. The molecule has 24 heavy (non-hydrogen) atoms. The number of anilines is 1. The third-order valence-corrected chi connectivity index (χ3v) is 4.90. The van der Waals surface area contributed by atoms with Crippen LogP contribution in [0.25, 0.3) is 0 Å². The highest BCUT2D eigenvalue weighted by Gasteiger charge is 2.06. The summed E-state index contributed by atoms with van der Waals surface area (Å²) in [7, 11) is 0. The maximum absolute atomic E-state index is 11.9. The molecule has 0 bridgehead atoms. The molecule has 0 fully saturated rings. The van der Waals surface area contributed by atoms with Gasteiger partial charge in [0.25, 0.3) is 0 Å². The topological polar surface area (TPSA) is 38.3 Å². The zero-order valence-corrected chi connectivity index (χ0v) is 17.6. The van der Waals surface area contributed by atoms with Crippen molar-refractivity contribution < 1.29 is 9.53 Å². The van der Waals surface area contributed by atoms with E-state index in [1.54, 1.807) is 0 Å². The lowest BCUT2D eigenvalue weighted by molar-refractivity contribution is -0.116. The Balaban J connectivity index is 1.74. The van der Waals surface area contributed by atoms with E-state index in [0.717, 1.165) is 19.5 Å². The monoisotopic (exact) mass is 501 g/mol. The van der Waals surface area contributed by atoms with Gasteiger partial charge in [0.05, 0.1) is 11.1 Å². The van der Waals surface area contributed by atoms with Crippen LogP contribution in [-0.4, -0.2) is 12.5 Å². The predicted molar refractivity (Wildman–Crippen MR) is 111 cm³/mol. The van der Waals surface area contributed by atoms with Crippen molar-refractivity contribution >= 4 is 50.1 Å². The summed E-state index contributed by atoms with van der Waals surface area (Å²) in [5.41, 5.74) is 2.10. The molecule has 5 heteroatoms. The first-order valence-corrected chi connectivity index (χ1v) is 9.80. The molecule has 0 aliphatic carbocycles. The average molecular weight is 502 g/mol. The van der Waals surface area contributed by atoms with Gasteiger partial charge in [0.2, 0.25) is 5.91 Å². The molecule has 0 unspecified atom stereocenters. The molecule has 0 aromatic heterocycles. The van der Waals surface area contributed by atoms with Crippen molar-refractivity contribution in [3.63, 3.8) is 0 Å². The van der Waals surface area contributed by atoms with Gasteiger partial charge in [0.15, 0.2) is 0 Å². The van der Waals surface area contributed by atoms with Crippen molar-refractivity contribution in [3.8, 4) is 5.75 Å². The molecular weight excluding hydrogens is 481 g/mol. The van der Waals surface area contributed by atoms with E-state index in [-0.39, 0.29) is 5.91 Å². The Bertz CT molecular complexity index is 686. The largest absolute Gasteiger partial charge is 0.492 e. The molecule has 0 saturated carbocycles. The second kappa shape index (κ2) is 9.42. The molecule has 2 aromatic rings. The number of rotatable bonds is 7. The number of benzene rings is 2. The number of nitrogens with one attached hydrogen (secondary N) is 1. The highest BCUT2D eigenvalue weighted by molar-refractivity contribution is 14.1. The molecule has 0 aliphatic rings. The molecule has 128 valence electrons. The van der Waals surface area contributed by atoms with E-state index in [2.05, 4.69) is 69.8 Å². The van der Waals surface area contributed by atoms with Crippen LogP contribution in [0.1, 0.15) is 38.2 Å². The van der Waals surface area contributed by atoms with Gasteiger partial charge in [-0.2, -0.15) is 0 Å². The van der Waals surface area contributed by atoms with Gasteiger partial charge < -0.3 is 10.1 Å². The van der Waals surface area contributed by atoms with Crippen LogP contribution < -0.4 is 10.1 Å². The van der Waals surface area contributed by atoms with Crippen LogP contribution in [-0.2, 0) is 4.79 Å². The first-order valence-electron chi connectivity index (χ1n) is 7.93.